The number of hydrogen-bond donors (Lipinski definition) is 0. The highest BCUT2D eigenvalue weighted by atomic mass is 32.2. The molecule has 3 aromatic rings. The molecule has 1 saturated heterocycles. The van der Waals surface area contributed by atoms with Crippen molar-refractivity contribution in [3.05, 3.63) is 84.4 Å². The molecule has 5 nitrogen and oxygen atoms in total. The van der Waals surface area contributed by atoms with Crippen LogP contribution in [0, 0.1) is 6.92 Å². The molecule has 6 heteroatoms. The summed E-state index contributed by atoms with van der Waals surface area (Å²) in [7, 11) is -3.81. The normalized spacial score (nSPS) is 15.8. The molecule has 4 rings (SSSR count). The van der Waals surface area contributed by atoms with Crippen LogP contribution in [0.25, 0.3) is 0 Å². The molecule has 1 atom stereocenters. The third-order valence-electron chi connectivity index (χ3n) is 4.49. The van der Waals surface area contributed by atoms with E-state index in [1.807, 2.05) is 43.3 Å². The maximum Gasteiger partial charge on any atom is 0.268 e. The van der Waals surface area contributed by atoms with Gasteiger partial charge in [-0.3, -0.25) is 0 Å². The molecule has 0 spiro atoms. The highest BCUT2D eigenvalue weighted by Gasteiger charge is 2.28. The number of rotatable bonds is 7. The maximum absolute atomic E-state index is 13.5. The number of anilines is 2. The van der Waals surface area contributed by atoms with Crippen LogP contribution in [0.1, 0.15) is 5.56 Å². The summed E-state index contributed by atoms with van der Waals surface area (Å²) in [4.78, 5) is 0.215. The van der Waals surface area contributed by atoms with E-state index < -0.39 is 10.0 Å². The van der Waals surface area contributed by atoms with E-state index >= 15 is 0 Å². The van der Waals surface area contributed by atoms with Gasteiger partial charge in [0.05, 0.1) is 22.9 Å². The van der Waals surface area contributed by atoms with E-state index in [0.29, 0.717) is 30.3 Å². The predicted molar refractivity (Wildman–Crippen MR) is 109 cm³/mol. The van der Waals surface area contributed by atoms with Crippen LogP contribution in [0.4, 0.5) is 11.4 Å². The predicted octanol–water partition coefficient (Wildman–Crippen LogP) is 4.30. The second-order valence-electron chi connectivity index (χ2n) is 6.63. The monoisotopic (exact) mass is 395 g/mol. The summed E-state index contributed by atoms with van der Waals surface area (Å²) in [5.74, 6) is 0.667. The standard InChI is InChI=1S/C22H21NO4S/c1-17-14-21(12-13-22(17)27-16-20-15-26-20)28(24,25)23(18-8-4-2-5-9-18)19-10-6-3-7-11-19/h2-14,20H,15-16H2,1H3. The highest BCUT2D eigenvalue weighted by molar-refractivity contribution is 7.93. The van der Waals surface area contributed by atoms with Crippen molar-refractivity contribution in [2.45, 2.75) is 17.9 Å². The number of benzene rings is 3. The topological polar surface area (TPSA) is 59.1 Å². The lowest BCUT2D eigenvalue weighted by Gasteiger charge is -2.25. The van der Waals surface area contributed by atoms with Crippen LogP contribution in [0.2, 0.25) is 0 Å². The highest BCUT2D eigenvalue weighted by Crippen LogP contribution is 2.33. The molecule has 1 unspecified atom stereocenters. The first kappa shape index (κ1) is 18.5. The van der Waals surface area contributed by atoms with E-state index in [2.05, 4.69) is 0 Å². The Bertz CT molecular complexity index is 1010. The molecule has 0 saturated carbocycles. The number of para-hydroxylation sites is 2. The van der Waals surface area contributed by atoms with Crippen molar-refractivity contribution in [2.75, 3.05) is 17.5 Å². The summed E-state index contributed by atoms with van der Waals surface area (Å²) in [6.45, 7) is 3.04. The Balaban J connectivity index is 1.72. The van der Waals surface area contributed by atoms with Crippen molar-refractivity contribution in [3.63, 3.8) is 0 Å². The summed E-state index contributed by atoms with van der Waals surface area (Å²) < 4.78 is 39.3. The van der Waals surface area contributed by atoms with E-state index in [1.54, 1.807) is 42.5 Å². The van der Waals surface area contributed by atoms with Gasteiger partial charge in [0.2, 0.25) is 0 Å². The smallest absolute Gasteiger partial charge is 0.268 e. The van der Waals surface area contributed by atoms with E-state index in [4.69, 9.17) is 9.47 Å². The quantitative estimate of drug-likeness (QED) is 0.560. The van der Waals surface area contributed by atoms with Crippen molar-refractivity contribution in [3.8, 4) is 5.75 Å². The minimum absolute atomic E-state index is 0.148. The average Bonchev–Trinajstić information content (AvgIpc) is 3.53. The van der Waals surface area contributed by atoms with Gasteiger partial charge in [0.15, 0.2) is 0 Å². The lowest BCUT2D eigenvalue weighted by Crippen LogP contribution is -2.26. The Kier molecular flexibility index (Phi) is 5.07. The first-order chi connectivity index (χ1) is 13.6. The van der Waals surface area contributed by atoms with Gasteiger partial charge in [-0.1, -0.05) is 36.4 Å². The molecule has 28 heavy (non-hydrogen) atoms. The molecule has 0 aromatic heterocycles. The van der Waals surface area contributed by atoms with Gasteiger partial charge in [0.25, 0.3) is 10.0 Å². The Morgan fingerprint density at radius 2 is 1.54 bits per heavy atom. The van der Waals surface area contributed by atoms with Gasteiger partial charge in [-0.2, -0.15) is 0 Å². The zero-order valence-electron chi connectivity index (χ0n) is 15.5. The van der Waals surface area contributed by atoms with Crippen molar-refractivity contribution in [1.29, 1.82) is 0 Å². The van der Waals surface area contributed by atoms with Crippen LogP contribution in [-0.4, -0.2) is 27.7 Å². The summed E-state index contributed by atoms with van der Waals surface area (Å²) in [5, 5.41) is 0. The molecule has 0 amide bonds. The van der Waals surface area contributed by atoms with Crippen LogP contribution in [0.5, 0.6) is 5.75 Å². The summed E-state index contributed by atoms with van der Waals surface area (Å²) >= 11 is 0. The van der Waals surface area contributed by atoms with Crippen molar-refractivity contribution >= 4 is 21.4 Å². The SMILES string of the molecule is Cc1cc(S(=O)(=O)N(c2ccccc2)c2ccccc2)ccc1OCC1CO1. The molecular formula is C22H21NO4S. The van der Waals surface area contributed by atoms with E-state index in [9.17, 15) is 8.42 Å². The fourth-order valence-corrected chi connectivity index (χ4v) is 4.53. The largest absolute Gasteiger partial charge is 0.491 e. The number of epoxide rings is 1. The zero-order chi connectivity index (χ0) is 19.6. The molecule has 0 aliphatic carbocycles. The molecule has 1 fully saturated rings. The Hall–Kier alpha value is -2.83. The second-order valence-corrected chi connectivity index (χ2v) is 8.42. The first-order valence-electron chi connectivity index (χ1n) is 9.06. The lowest BCUT2D eigenvalue weighted by molar-refractivity contribution is 0.261. The number of sulfonamides is 1. The van der Waals surface area contributed by atoms with Gasteiger partial charge in [0.1, 0.15) is 18.5 Å². The molecule has 0 bridgehead atoms. The third kappa shape index (κ3) is 3.88. The zero-order valence-corrected chi connectivity index (χ0v) is 16.3. The summed E-state index contributed by atoms with van der Waals surface area (Å²) in [5.41, 5.74) is 1.93. The van der Waals surface area contributed by atoms with Crippen LogP contribution in [0.3, 0.4) is 0 Å². The molecule has 0 N–H and O–H groups in total. The molecule has 3 aromatic carbocycles. The Morgan fingerprint density at radius 1 is 0.964 bits per heavy atom. The van der Waals surface area contributed by atoms with E-state index in [-0.39, 0.29) is 11.0 Å². The van der Waals surface area contributed by atoms with Crippen molar-refractivity contribution < 1.29 is 17.9 Å². The van der Waals surface area contributed by atoms with E-state index in [1.165, 1.54) is 4.31 Å². The maximum atomic E-state index is 13.5. The summed E-state index contributed by atoms with van der Waals surface area (Å²) in [6.07, 6.45) is 0.148. The Morgan fingerprint density at radius 3 is 2.04 bits per heavy atom. The molecule has 1 aliphatic rings. The van der Waals surface area contributed by atoms with E-state index in [0.717, 1.165) is 5.56 Å². The molecular weight excluding hydrogens is 374 g/mol. The van der Waals surface area contributed by atoms with Gasteiger partial charge in [0, 0.05) is 0 Å². The number of hydrogen-bond acceptors (Lipinski definition) is 4. The fraction of sp³-hybridized carbons (Fsp3) is 0.182. The van der Waals surface area contributed by atoms with Gasteiger partial charge >= 0.3 is 0 Å². The van der Waals surface area contributed by atoms with Gasteiger partial charge in [-0.25, -0.2) is 12.7 Å². The first-order valence-corrected chi connectivity index (χ1v) is 10.5. The van der Waals surface area contributed by atoms with Gasteiger partial charge < -0.3 is 9.47 Å². The summed E-state index contributed by atoms with van der Waals surface area (Å²) in [6, 6.07) is 23.1. The van der Waals surface area contributed by atoms with Crippen LogP contribution >= 0.6 is 0 Å². The van der Waals surface area contributed by atoms with Gasteiger partial charge in [-0.05, 0) is 55.0 Å². The van der Waals surface area contributed by atoms with Crippen molar-refractivity contribution in [2.24, 2.45) is 0 Å². The molecule has 1 aliphatic heterocycles. The van der Waals surface area contributed by atoms with Crippen LogP contribution in [0.15, 0.2) is 83.8 Å². The van der Waals surface area contributed by atoms with Crippen molar-refractivity contribution in [1.82, 2.24) is 0 Å². The molecule has 144 valence electrons. The lowest BCUT2D eigenvalue weighted by atomic mass is 10.2. The molecule has 0 radical (unpaired) electrons. The Labute approximate surface area is 165 Å². The van der Waals surface area contributed by atoms with Crippen LogP contribution in [-0.2, 0) is 14.8 Å². The molecule has 1 heterocycles. The third-order valence-corrected chi connectivity index (χ3v) is 6.25. The minimum Gasteiger partial charge on any atom is -0.491 e. The van der Waals surface area contributed by atoms with Gasteiger partial charge in [-0.15, -0.1) is 0 Å². The minimum atomic E-state index is -3.81. The second kappa shape index (κ2) is 7.66. The fourth-order valence-electron chi connectivity index (χ4n) is 2.95. The number of ether oxygens (including phenoxy) is 2. The number of aryl methyl sites for hydroxylation is 1. The van der Waals surface area contributed by atoms with Crippen LogP contribution < -0.4 is 9.04 Å². The average molecular weight is 395 g/mol. The number of nitrogens with zero attached hydrogens (tertiary/aromatic N) is 1.